The Morgan fingerprint density at radius 1 is 0.944 bits per heavy atom. The van der Waals surface area contributed by atoms with Crippen LogP contribution in [0.3, 0.4) is 0 Å². The lowest BCUT2D eigenvalue weighted by Crippen LogP contribution is -2.32. The number of aromatic nitrogens is 3. The van der Waals surface area contributed by atoms with Crippen LogP contribution in [0.5, 0.6) is 23.0 Å². The minimum Gasteiger partial charge on any atom is -0.493 e. The summed E-state index contributed by atoms with van der Waals surface area (Å²) in [5.74, 6) is 3.53. The first-order chi connectivity index (χ1) is 17.7. The third kappa shape index (κ3) is 3.45. The highest BCUT2D eigenvalue weighted by molar-refractivity contribution is 5.85. The van der Waals surface area contributed by atoms with Crippen molar-refractivity contribution in [3.05, 3.63) is 95.3 Å². The summed E-state index contributed by atoms with van der Waals surface area (Å²) >= 11 is 0. The van der Waals surface area contributed by atoms with Gasteiger partial charge in [0.1, 0.15) is 23.9 Å². The molecule has 2 aliphatic heterocycles. The number of nitrogens with one attached hydrogen (secondary N) is 1. The number of nitrogens with zero attached hydrogens (tertiary/aromatic N) is 3. The van der Waals surface area contributed by atoms with Gasteiger partial charge in [0.05, 0.1) is 26.5 Å². The summed E-state index contributed by atoms with van der Waals surface area (Å²) in [6, 6.07) is 21.6. The fourth-order valence-corrected chi connectivity index (χ4v) is 5.00. The zero-order valence-electron chi connectivity index (χ0n) is 20.3. The van der Waals surface area contributed by atoms with Crippen LogP contribution in [-0.4, -0.2) is 35.6 Å². The van der Waals surface area contributed by atoms with Crippen molar-refractivity contribution in [1.29, 1.82) is 0 Å². The summed E-state index contributed by atoms with van der Waals surface area (Å²) < 4.78 is 25.8. The molecule has 2 atom stereocenters. The van der Waals surface area contributed by atoms with Crippen LogP contribution < -0.4 is 24.3 Å². The van der Waals surface area contributed by atoms with Crippen LogP contribution in [0.4, 0.5) is 5.95 Å². The number of benzene rings is 3. The van der Waals surface area contributed by atoms with Gasteiger partial charge in [0.25, 0.3) is 0 Å². The van der Waals surface area contributed by atoms with Gasteiger partial charge in [0.2, 0.25) is 5.95 Å². The van der Waals surface area contributed by atoms with E-state index in [0.717, 1.165) is 39.5 Å². The number of anilines is 1. The maximum Gasteiger partial charge on any atom is 0.226 e. The molecule has 6 rings (SSSR count). The Labute approximate surface area is 209 Å². The van der Waals surface area contributed by atoms with Gasteiger partial charge in [-0.25, -0.2) is 4.68 Å². The minimum absolute atomic E-state index is 0.313. The molecule has 1 aromatic heterocycles. The van der Waals surface area contributed by atoms with E-state index in [-0.39, 0.29) is 6.04 Å². The van der Waals surface area contributed by atoms with Gasteiger partial charge in [-0.2, -0.15) is 10.1 Å². The first-order valence-electron chi connectivity index (χ1n) is 11.8. The van der Waals surface area contributed by atoms with Gasteiger partial charge in [-0.3, -0.25) is 0 Å². The fraction of sp³-hybridized carbons (Fsp3) is 0.214. The molecular weight excluding hydrogens is 456 g/mol. The zero-order valence-corrected chi connectivity index (χ0v) is 20.3. The predicted octanol–water partition coefficient (Wildman–Crippen LogP) is 5.25. The number of methoxy groups -OCH3 is 2. The van der Waals surface area contributed by atoms with E-state index in [9.17, 15) is 0 Å². The molecule has 3 heterocycles. The molecule has 3 aromatic carbocycles. The Balaban J connectivity index is 1.62. The van der Waals surface area contributed by atoms with Gasteiger partial charge in [0, 0.05) is 16.7 Å². The van der Waals surface area contributed by atoms with E-state index in [1.807, 2.05) is 66.2 Å². The Hall–Kier alpha value is -4.46. The molecule has 0 saturated carbocycles. The van der Waals surface area contributed by atoms with Crippen molar-refractivity contribution in [2.45, 2.75) is 19.1 Å². The molecule has 182 valence electrons. The molecule has 2 aliphatic rings. The quantitative estimate of drug-likeness (QED) is 0.402. The molecule has 0 radical (unpaired) electrons. The Morgan fingerprint density at radius 3 is 2.58 bits per heavy atom. The maximum atomic E-state index is 6.72. The standard InChI is InChI=1S/C28H26N4O4/c1-4-35-20-11-7-6-10-19(20)27-24-25(18-9-5-8-12-21(18)36-27)31-28-29-16-30-32(28)26(24)17-13-14-22(33-2)23(15-17)34-3/h5-16,26-27H,4H2,1-3H3,(H,29,30,31)/t26-,27-/m1/s1. The van der Waals surface area contributed by atoms with Crippen molar-refractivity contribution in [3.63, 3.8) is 0 Å². The van der Waals surface area contributed by atoms with Crippen molar-refractivity contribution < 1.29 is 18.9 Å². The van der Waals surface area contributed by atoms with E-state index in [1.54, 1.807) is 20.5 Å². The number of hydrogen-bond donors (Lipinski definition) is 1. The third-order valence-corrected chi connectivity index (χ3v) is 6.55. The summed E-state index contributed by atoms with van der Waals surface area (Å²) in [4.78, 5) is 4.50. The molecule has 0 amide bonds. The van der Waals surface area contributed by atoms with Crippen molar-refractivity contribution in [1.82, 2.24) is 14.8 Å². The monoisotopic (exact) mass is 482 g/mol. The summed E-state index contributed by atoms with van der Waals surface area (Å²) in [6.07, 6.45) is 1.13. The summed E-state index contributed by atoms with van der Waals surface area (Å²) in [7, 11) is 3.27. The van der Waals surface area contributed by atoms with E-state index in [4.69, 9.17) is 18.9 Å². The number of para-hydroxylation sites is 2. The van der Waals surface area contributed by atoms with Gasteiger partial charge in [-0.1, -0.05) is 36.4 Å². The molecule has 8 nitrogen and oxygen atoms in total. The second-order valence-corrected chi connectivity index (χ2v) is 8.47. The van der Waals surface area contributed by atoms with Crippen molar-refractivity contribution in [3.8, 4) is 23.0 Å². The zero-order chi connectivity index (χ0) is 24.6. The maximum absolute atomic E-state index is 6.72. The summed E-state index contributed by atoms with van der Waals surface area (Å²) in [5, 5.41) is 8.13. The topological polar surface area (TPSA) is 79.7 Å². The van der Waals surface area contributed by atoms with Crippen LogP contribution in [0.15, 0.2) is 78.6 Å². The van der Waals surface area contributed by atoms with Crippen LogP contribution in [0, 0.1) is 0 Å². The molecule has 0 unspecified atom stereocenters. The molecule has 0 aliphatic carbocycles. The van der Waals surface area contributed by atoms with Crippen molar-refractivity contribution in [2.75, 3.05) is 26.1 Å². The molecular formula is C28H26N4O4. The number of rotatable bonds is 6. The largest absolute Gasteiger partial charge is 0.493 e. The number of ether oxygens (including phenoxy) is 4. The molecule has 36 heavy (non-hydrogen) atoms. The van der Waals surface area contributed by atoms with E-state index in [0.29, 0.717) is 24.1 Å². The van der Waals surface area contributed by atoms with E-state index >= 15 is 0 Å². The highest BCUT2D eigenvalue weighted by Crippen LogP contribution is 2.52. The van der Waals surface area contributed by atoms with Crippen LogP contribution in [0.1, 0.15) is 35.8 Å². The van der Waals surface area contributed by atoms with E-state index in [2.05, 4.69) is 27.5 Å². The third-order valence-electron chi connectivity index (χ3n) is 6.55. The predicted molar refractivity (Wildman–Crippen MR) is 136 cm³/mol. The first-order valence-corrected chi connectivity index (χ1v) is 11.8. The van der Waals surface area contributed by atoms with E-state index in [1.165, 1.54) is 0 Å². The van der Waals surface area contributed by atoms with Crippen molar-refractivity contribution >= 4 is 11.6 Å². The molecule has 4 aromatic rings. The van der Waals surface area contributed by atoms with Crippen LogP contribution in [0.25, 0.3) is 5.70 Å². The van der Waals surface area contributed by atoms with Crippen LogP contribution in [0.2, 0.25) is 0 Å². The van der Waals surface area contributed by atoms with Gasteiger partial charge in [0.15, 0.2) is 17.6 Å². The normalized spacial score (nSPS) is 17.8. The highest BCUT2D eigenvalue weighted by atomic mass is 16.5. The highest BCUT2D eigenvalue weighted by Gasteiger charge is 2.42. The molecule has 0 spiro atoms. The number of hydrogen-bond acceptors (Lipinski definition) is 7. The second kappa shape index (κ2) is 8.96. The first kappa shape index (κ1) is 22.0. The molecule has 0 bridgehead atoms. The SMILES string of the molecule is CCOc1ccccc1[C@H]1Oc2ccccc2C2=C1[C@@H](c1ccc(OC)c(OC)c1)n1ncnc1N2. The van der Waals surface area contributed by atoms with Crippen LogP contribution in [-0.2, 0) is 0 Å². The lowest BCUT2D eigenvalue weighted by molar-refractivity contribution is 0.215. The Kier molecular flexibility index (Phi) is 5.48. The summed E-state index contributed by atoms with van der Waals surface area (Å²) in [6.45, 7) is 2.53. The Bertz CT molecular complexity index is 1460. The average molecular weight is 483 g/mol. The van der Waals surface area contributed by atoms with Gasteiger partial charge in [-0.15, -0.1) is 0 Å². The fourth-order valence-electron chi connectivity index (χ4n) is 5.00. The number of fused-ring (bicyclic) bond motifs is 3. The van der Waals surface area contributed by atoms with Gasteiger partial charge in [-0.05, 0) is 42.8 Å². The molecule has 0 saturated heterocycles. The minimum atomic E-state index is -0.430. The van der Waals surface area contributed by atoms with Crippen LogP contribution >= 0.6 is 0 Å². The van der Waals surface area contributed by atoms with Crippen molar-refractivity contribution in [2.24, 2.45) is 0 Å². The van der Waals surface area contributed by atoms with Gasteiger partial charge >= 0.3 is 0 Å². The second-order valence-electron chi connectivity index (χ2n) is 8.47. The average Bonchev–Trinajstić information content (AvgIpc) is 3.40. The summed E-state index contributed by atoms with van der Waals surface area (Å²) in [5.41, 5.74) is 4.84. The van der Waals surface area contributed by atoms with E-state index < -0.39 is 6.10 Å². The smallest absolute Gasteiger partial charge is 0.226 e. The molecule has 8 heteroatoms. The lowest BCUT2D eigenvalue weighted by atomic mass is 9.84. The lowest BCUT2D eigenvalue weighted by Gasteiger charge is -2.39. The van der Waals surface area contributed by atoms with Gasteiger partial charge < -0.3 is 24.3 Å². The molecule has 1 N–H and O–H groups in total. The Morgan fingerprint density at radius 2 is 1.75 bits per heavy atom. The molecule has 0 fully saturated rings.